The number of furan rings is 1. The molecule has 1 atom stereocenters. The predicted molar refractivity (Wildman–Crippen MR) is 99.2 cm³/mol. The number of alkyl halides is 2. The molecule has 1 N–H and O–H groups in total. The topological polar surface area (TPSA) is 71.4 Å². The van der Waals surface area contributed by atoms with Gasteiger partial charge in [-0.25, -0.2) is 0 Å². The number of aryl methyl sites for hydroxylation is 1. The Labute approximate surface area is 161 Å². The van der Waals surface area contributed by atoms with Gasteiger partial charge in [0.1, 0.15) is 17.2 Å². The molecule has 3 rings (SSSR count). The first kappa shape index (κ1) is 19.6. The number of carbonyl (C=O) groups excluding carboxylic acids is 1. The molecule has 0 aliphatic carbocycles. The highest BCUT2D eigenvalue weighted by atomic mass is 19.3. The summed E-state index contributed by atoms with van der Waals surface area (Å²) >= 11 is 0. The van der Waals surface area contributed by atoms with Crippen LogP contribution in [0.15, 0.2) is 53.1 Å². The Morgan fingerprint density at radius 3 is 2.68 bits per heavy atom. The molecule has 3 aromatic rings. The Morgan fingerprint density at radius 1 is 1.29 bits per heavy atom. The van der Waals surface area contributed by atoms with Gasteiger partial charge in [0.2, 0.25) is 0 Å². The molecule has 0 spiro atoms. The highest BCUT2D eigenvalue weighted by Crippen LogP contribution is 2.23. The molecule has 2 heterocycles. The van der Waals surface area contributed by atoms with E-state index in [1.54, 1.807) is 36.4 Å². The molecule has 0 fully saturated rings. The summed E-state index contributed by atoms with van der Waals surface area (Å²) in [5.41, 5.74) is 1.59. The van der Waals surface area contributed by atoms with Crippen LogP contribution in [-0.2, 0) is 6.42 Å². The van der Waals surface area contributed by atoms with E-state index in [1.165, 1.54) is 12.1 Å². The van der Waals surface area contributed by atoms with Gasteiger partial charge in [0, 0.05) is 25.1 Å². The number of ether oxygens (including phenoxy) is 1. The van der Waals surface area contributed by atoms with Crippen molar-refractivity contribution in [1.29, 1.82) is 0 Å². The van der Waals surface area contributed by atoms with Gasteiger partial charge in [-0.15, -0.1) is 0 Å². The molecule has 28 heavy (non-hydrogen) atoms. The highest BCUT2D eigenvalue weighted by molar-refractivity contribution is 5.93. The predicted octanol–water partition coefficient (Wildman–Crippen LogP) is 4.36. The number of hydrogen-bond acceptors (Lipinski definition) is 4. The van der Waals surface area contributed by atoms with E-state index in [2.05, 4.69) is 14.9 Å². The Kier molecular flexibility index (Phi) is 6.08. The lowest BCUT2D eigenvalue weighted by Gasteiger charge is -2.24. The first-order valence-corrected chi connectivity index (χ1v) is 8.84. The van der Waals surface area contributed by atoms with Crippen molar-refractivity contribution in [3.8, 4) is 17.0 Å². The monoisotopic (exact) mass is 389 g/mol. The van der Waals surface area contributed by atoms with E-state index in [0.717, 1.165) is 18.6 Å². The minimum absolute atomic E-state index is 0.00938. The van der Waals surface area contributed by atoms with E-state index in [-0.39, 0.29) is 17.7 Å². The van der Waals surface area contributed by atoms with Crippen molar-refractivity contribution < 1.29 is 22.7 Å². The normalized spacial score (nSPS) is 12.2. The maximum Gasteiger partial charge on any atom is 0.387 e. The molecule has 0 saturated carbocycles. The number of halogens is 2. The van der Waals surface area contributed by atoms with Gasteiger partial charge >= 0.3 is 6.61 Å². The van der Waals surface area contributed by atoms with Gasteiger partial charge in [0.15, 0.2) is 0 Å². The summed E-state index contributed by atoms with van der Waals surface area (Å²) in [6.45, 7) is -0.898. The number of nitrogens with zero attached hydrogens (tertiary/aromatic N) is 2. The molecule has 0 radical (unpaired) electrons. The van der Waals surface area contributed by atoms with E-state index in [0.29, 0.717) is 17.0 Å². The van der Waals surface area contributed by atoms with Gasteiger partial charge in [0.25, 0.3) is 5.91 Å². The summed E-state index contributed by atoms with van der Waals surface area (Å²) in [5.74, 6) is 0.773. The average molecular weight is 389 g/mol. The van der Waals surface area contributed by atoms with E-state index >= 15 is 0 Å². The van der Waals surface area contributed by atoms with Gasteiger partial charge in [-0.3, -0.25) is 9.89 Å². The molecular formula is C20H21F2N3O3. The number of amides is 1. The van der Waals surface area contributed by atoms with Gasteiger partial charge in [-0.2, -0.15) is 13.9 Å². The van der Waals surface area contributed by atoms with Crippen molar-refractivity contribution in [2.24, 2.45) is 0 Å². The van der Waals surface area contributed by atoms with E-state index in [4.69, 9.17) is 4.42 Å². The Morgan fingerprint density at radius 2 is 2.04 bits per heavy atom. The molecule has 0 saturated heterocycles. The quantitative estimate of drug-likeness (QED) is 0.621. The average Bonchev–Trinajstić information content (AvgIpc) is 3.37. The van der Waals surface area contributed by atoms with Gasteiger partial charge < -0.3 is 14.1 Å². The Balaban J connectivity index is 1.62. The maximum absolute atomic E-state index is 12.7. The minimum atomic E-state index is -2.87. The molecule has 6 nitrogen and oxygen atoms in total. The number of H-pyrrole nitrogens is 1. The third kappa shape index (κ3) is 4.76. The smallest absolute Gasteiger partial charge is 0.387 e. The Bertz CT molecular complexity index is 892. The number of nitrogens with one attached hydrogen (secondary N) is 1. The lowest BCUT2D eigenvalue weighted by molar-refractivity contribution is -0.0498. The summed E-state index contributed by atoms with van der Waals surface area (Å²) in [7, 11) is 1.74. The van der Waals surface area contributed by atoms with E-state index in [1.807, 2.05) is 19.1 Å². The van der Waals surface area contributed by atoms with Crippen molar-refractivity contribution >= 4 is 5.91 Å². The largest absolute Gasteiger partial charge is 0.469 e. The summed E-state index contributed by atoms with van der Waals surface area (Å²) in [6.07, 6.45) is 3.14. The molecule has 8 heteroatoms. The van der Waals surface area contributed by atoms with Gasteiger partial charge in [-0.05, 0) is 55.8 Å². The van der Waals surface area contributed by atoms with Crippen molar-refractivity contribution in [1.82, 2.24) is 15.1 Å². The fourth-order valence-electron chi connectivity index (χ4n) is 2.78. The molecule has 0 bridgehead atoms. The zero-order valence-corrected chi connectivity index (χ0v) is 15.6. The summed E-state index contributed by atoms with van der Waals surface area (Å²) in [6, 6.07) is 11.5. The van der Waals surface area contributed by atoms with Crippen LogP contribution in [0.25, 0.3) is 11.3 Å². The first-order chi connectivity index (χ1) is 13.4. The lowest BCUT2D eigenvalue weighted by atomic mass is 10.1. The zero-order chi connectivity index (χ0) is 20.1. The number of aromatic nitrogens is 2. The van der Waals surface area contributed by atoms with Crippen LogP contribution in [0.2, 0.25) is 0 Å². The third-order valence-corrected chi connectivity index (χ3v) is 4.55. The maximum atomic E-state index is 12.7. The summed E-state index contributed by atoms with van der Waals surface area (Å²) < 4.78 is 34.1. The van der Waals surface area contributed by atoms with Crippen LogP contribution in [0.5, 0.6) is 5.75 Å². The standard InChI is InChI=1S/C20H21F2N3O3/c1-13(5-8-15-4-3-11-27-15)25(2)19(26)18-12-17(23-24-18)14-6-9-16(10-7-14)28-20(21)22/h3-4,6-7,9-13,20H,5,8H2,1-2H3,(H,23,24). The number of aromatic amines is 1. The molecule has 1 amide bonds. The van der Waals surface area contributed by atoms with Gasteiger partial charge in [0.05, 0.1) is 12.0 Å². The second-order valence-corrected chi connectivity index (χ2v) is 6.45. The number of benzene rings is 1. The second kappa shape index (κ2) is 8.69. The SMILES string of the molecule is CC(CCc1ccco1)N(C)C(=O)c1cc(-c2ccc(OC(F)F)cc2)n[nH]1. The number of carbonyl (C=O) groups is 1. The highest BCUT2D eigenvalue weighted by Gasteiger charge is 2.20. The molecular weight excluding hydrogens is 368 g/mol. The van der Waals surface area contributed by atoms with Crippen molar-refractivity contribution in [3.63, 3.8) is 0 Å². The molecule has 0 aliphatic heterocycles. The number of rotatable bonds is 8. The van der Waals surface area contributed by atoms with Crippen LogP contribution in [0.3, 0.4) is 0 Å². The van der Waals surface area contributed by atoms with Crippen LogP contribution in [0, 0.1) is 0 Å². The molecule has 1 unspecified atom stereocenters. The fourth-order valence-corrected chi connectivity index (χ4v) is 2.78. The third-order valence-electron chi connectivity index (χ3n) is 4.55. The number of hydrogen-bond donors (Lipinski definition) is 1. The zero-order valence-electron chi connectivity index (χ0n) is 15.6. The van der Waals surface area contributed by atoms with E-state index in [9.17, 15) is 13.6 Å². The molecule has 0 aliphatic rings. The van der Waals surface area contributed by atoms with Crippen LogP contribution < -0.4 is 4.74 Å². The van der Waals surface area contributed by atoms with Crippen molar-refractivity contribution in [2.75, 3.05) is 7.05 Å². The fraction of sp³-hybridized carbons (Fsp3) is 0.300. The Hall–Kier alpha value is -3.16. The molecule has 148 valence electrons. The van der Waals surface area contributed by atoms with Crippen molar-refractivity contribution in [2.45, 2.75) is 32.4 Å². The van der Waals surface area contributed by atoms with Crippen LogP contribution >= 0.6 is 0 Å². The van der Waals surface area contributed by atoms with Crippen LogP contribution in [0.1, 0.15) is 29.6 Å². The summed E-state index contributed by atoms with van der Waals surface area (Å²) in [5, 5.41) is 6.90. The molecule has 1 aromatic carbocycles. The molecule has 2 aromatic heterocycles. The van der Waals surface area contributed by atoms with E-state index < -0.39 is 6.61 Å². The second-order valence-electron chi connectivity index (χ2n) is 6.45. The van der Waals surface area contributed by atoms with Crippen LogP contribution in [-0.4, -0.2) is 40.7 Å². The van der Waals surface area contributed by atoms with Crippen molar-refractivity contribution in [3.05, 3.63) is 60.2 Å². The lowest BCUT2D eigenvalue weighted by Crippen LogP contribution is -2.35. The van der Waals surface area contributed by atoms with Crippen LogP contribution in [0.4, 0.5) is 8.78 Å². The van der Waals surface area contributed by atoms with Gasteiger partial charge in [-0.1, -0.05) is 0 Å². The first-order valence-electron chi connectivity index (χ1n) is 8.84. The minimum Gasteiger partial charge on any atom is -0.469 e. The summed E-state index contributed by atoms with van der Waals surface area (Å²) in [4.78, 5) is 14.3.